The number of amides is 1. The zero-order chi connectivity index (χ0) is 18.4. The predicted molar refractivity (Wildman–Crippen MR) is 93.1 cm³/mol. The first kappa shape index (κ1) is 18.8. The minimum absolute atomic E-state index is 0.0832. The van der Waals surface area contributed by atoms with Gasteiger partial charge in [-0.05, 0) is 25.0 Å². The Hall–Kier alpha value is -2.55. The molecule has 0 atom stereocenters. The van der Waals surface area contributed by atoms with Gasteiger partial charge < -0.3 is 14.6 Å². The van der Waals surface area contributed by atoms with E-state index in [-0.39, 0.29) is 12.4 Å². The molecule has 0 fully saturated rings. The molecule has 2 rings (SSSR count). The molecule has 8 nitrogen and oxygen atoms in total. The van der Waals surface area contributed by atoms with Crippen molar-refractivity contribution in [2.24, 2.45) is 0 Å². The van der Waals surface area contributed by atoms with Crippen LogP contribution in [0, 0.1) is 6.92 Å². The van der Waals surface area contributed by atoms with Crippen molar-refractivity contribution >= 4 is 21.7 Å². The number of carbonyl (C=O) groups excluding carboxylic acids is 1. The number of nitrogens with zero attached hydrogens (tertiary/aromatic N) is 2. The van der Waals surface area contributed by atoms with Gasteiger partial charge in [-0.25, -0.2) is 12.7 Å². The Balaban J connectivity index is 1.95. The summed E-state index contributed by atoms with van der Waals surface area (Å²) in [6.45, 7) is 1.63. The van der Waals surface area contributed by atoms with Gasteiger partial charge in [0.2, 0.25) is 15.9 Å². The summed E-state index contributed by atoms with van der Waals surface area (Å²) in [6, 6.07) is 8.97. The number of anilines is 1. The van der Waals surface area contributed by atoms with Gasteiger partial charge in [-0.1, -0.05) is 23.4 Å². The van der Waals surface area contributed by atoms with E-state index in [1.807, 2.05) is 24.3 Å². The second kappa shape index (κ2) is 8.02. The van der Waals surface area contributed by atoms with E-state index in [9.17, 15) is 13.2 Å². The minimum Gasteiger partial charge on any atom is -0.496 e. The van der Waals surface area contributed by atoms with Crippen LogP contribution in [0.2, 0.25) is 0 Å². The number of aromatic nitrogens is 1. The van der Waals surface area contributed by atoms with E-state index in [4.69, 9.17) is 9.26 Å². The van der Waals surface area contributed by atoms with Crippen molar-refractivity contribution in [3.05, 3.63) is 41.7 Å². The average molecular weight is 367 g/mol. The van der Waals surface area contributed by atoms with Gasteiger partial charge in [0.05, 0.1) is 13.4 Å². The lowest BCUT2D eigenvalue weighted by atomic mass is 10.1. The van der Waals surface area contributed by atoms with E-state index >= 15 is 0 Å². The lowest BCUT2D eigenvalue weighted by molar-refractivity contribution is -0.119. The number of rotatable bonds is 8. The average Bonchev–Trinajstić information content (AvgIpc) is 2.98. The summed E-state index contributed by atoms with van der Waals surface area (Å²) < 4.78 is 34.8. The quantitative estimate of drug-likeness (QED) is 0.750. The van der Waals surface area contributed by atoms with Crippen LogP contribution in [0.1, 0.15) is 11.3 Å². The maximum absolute atomic E-state index is 12.1. The van der Waals surface area contributed by atoms with Crippen molar-refractivity contribution in [1.82, 2.24) is 10.5 Å². The van der Waals surface area contributed by atoms with Crippen molar-refractivity contribution < 1.29 is 22.5 Å². The molecule has 1 aromatic carbocycles. The Morgan fingerprint density at radius 3 is 2.68 bits per heavy atom. The molecule has 136 valence electrons. The molecule has 0 saturated heterocycles. The number of sulfonamides is 1. The largest absolute Gasteiger partial charge is 0.496 e. The van der Waals surface area contributed by atoms with E-state index in [0.717, 1.165) is 21.9 Å². The summed E-state index contributed by atoms with van der Waals surface area (Å²) in [7, 11) is -2.07. The SMILES string of the molecule is COc1ccccc1CCNC(=O)CN(c1cc(C)on1)S(C)(=O)=O. The maximum atomic E-state index is 12.1. The third-order valence-electron chi connectivity index (χ3n) is 3.47. The molecule has 1 amide bonds. The molecule has 2 aromatic rings. The van der Waals surface area contributed by atoms with Gasteiger partial charge in [-0.3, -0.25) is 4.79 Å². The highest BCUT2D eigenvalue weighted by atomic mass is 32.2. The first-order valence-electron chi connectivity index (χ1n) is 7.61. The Morgan fingerprint density at radius 2 is 2.08 bits per heavy atom. The number of aryl methyl sites for hydroxylation is 1. The summed E-state index contributed by atoms with van der Waals surface area (Å²) in [5.41, 5.74) is 0.956. The number of benzene rings is 1. The highest BCUT2D eigenvalue weighted by Crippen LogP contribution is 2.18. The third-order valence-corrected chi connectivity index (χ3v) is 4.58. The van der Waals surface area contributed by atoms with E-state index in [1.54, 1.807) is 14.0 Å². The van der Waals surface area contributed by atoms with E-state index in [1.165, 1.54) is 6.07 Å². The first-order valence-corrected chi connectivity index (χ1v) is 9.45. The van der Waals surface area contributed by atoms with E-state index < -0.39 is 15.9 Å². The molecule has 0 aliphatic heterocycles. The molecule has 1 aromatic heterocycles. The molecule has 0 radical (unpaired) electrons. The zero-order valence-corrected chi connectivity index (χ0v) is 15.2. The number of hydrogen-bond acceptors (Lipinski definition) is 6. The van der Waals surface area contributed by atoms with E-state index in [2.05, 4.69) is 10.5 Å². The molecule has 0 aliphatic carbocycles. The Kier molecular flexibility index (Phi) is 6.02. The lowest BCUT2D eigenvalue weighted by Crippen LogP contribution is -2.41. The number of carbonyl (C=O) groups is 1. The monoisotopic (exact) mass is 367 g/mol. The smallest absolute Gasteiger partial charge is 0.240 e. The molecule has 25 heavy (non-hydrogen) atoms. The Bertz CT molecular complexity index is 832. The van der Waals surface area contributed by atoms with Crippen molar-refractivity contribution in [2.45, 2.75) is 13.3 Å². The van der Waals surface area contributed by atoms with Crippen LogP contribution < -0.4 is 14.4 Å². The number of methoxy groups -OCH3 is 1. The molecule has 1 N–H and O–H groups in total. The fraction of sp³-hybridized carbons (Fsp3) is 0.375. The summed E-state index contributed by atoms with van der Waals surface area (Å²) in [4.78, 5) is 12.1. The topological polar surface area (TPSA) is 102 Å². The molecule has 0 saturated carbocycles. The van der Waals surface area contributed by atoms with Crippen LogP contribution in [0.4, 0.5) is 5.82 Å². The second-order valence-electron chi connectivity index (χ2n) is 5.48. The van der Waals surface area contributed by atoms with Crippen molar-refractivity contribution in [1.29, 1.82) is 0 Å². The number of ether oxygens (including phenoxy) is 1. The van der Waals surface area contributed by atoms with Crippen LogP contribution in [-0.2, 0) is 21.2 Å². The highest BCUT2D eigenvalue weighted by Gasteiger charge is 2.23. The maximum Gasteiger partial charge on any atom is 0.240 e. The molecule has 0 unspecified atom stereocenters. The van der Waals surface area contributed by atoms with Crippen LogP contribution in [0.5, 0.6) is 5.75 Å². The van der Waals surface area contributed by atoms with E-state index in [0.29, 0.717) is 18.7 Å². The zero-order valence-electron chi connectivity index (χ0n) is 14.4. The van der Waals surface area contributed by atoms with Crippen molar-refractivity contribution in [3.63, 3.8) is 0 Å². The van der Waals surface area contributed by atoms with Gasteiger partial charge in [0.15, 0.2) is 5.82 Å². The van der Waals surface area contributed by atoms with Crippen molar-refractivity contribution in [3.8, 4) is 5.75 Å². The van der Waals surface area contributed by atoms with Crippen LogP contribution in [0.25, 0.3) is 0 Å². The van der Waals surface area contributed by atoms with Gasteiger partial charge >= 0.3 is 0 Å². The summed E-state index contributed by atoms with van der Waals surface area (Å²) >= 11 is 0. The van der Waals surface area contributed by atoms with Gasteiger partial charge in [-0.2, -0.15) is 0 Å². The fourth-order valence-corrected chi connectivity index (χ4v) is 3.05. The standard InChI is InChI=1S/C16H21N3O5S/c1-12-10-15(18-24-12)19(25(3,21)22)11-16(20)17-9-8-13-6-4-5-7-14(13)23-2/h4-7,10H,8-9,11H2,1-3H3,(H,17,20). The molecule has 0 bridgehead atoms. The number of nitrogens with one attached hydrogen (secondary N) is 1. The van der Waals surface area contributed by atoms with Crippen LogP contribution in [0.15, 0.2) is 34.9 Å². The van der Waals surface area contributed by atoms with Gasteiger partial charge in [0, 0.05) is 12.6 Å². The first-order chi connectivity index (χ1) is 11.8. The molecule has 0 spiro atoms. The van der Waals surface area contributed by atoms with Gasteiger partial charge in [0.1, 0.15) is 18.1 Å². The molecule has 9 heteroatoms. The van der Waals surface area contributed by atoms with Crippen molar-refractivity contribution in [2.75, 3.05) is 30.8 Å². The van der Waals surface area contributed by atoms with Crippen LogP contribution >= 0.6 is 0 Å². The normalized spacial score (nSPS) is 11.2. The lowest BCUT2D eigenvalue weighted by Gasteiger charge is -2.18. The van der Waals surface area contributed by atoms with Gasteiger partial charge in [-0.15, -0.1) is 0 Å². The summed E-state index contributed by atoms with van der Waals surface area (Å²) in [6.07, 6.45) is 1.58. The third kappa shape index (κ3) is 5.21. The van der Waals surface area contributed by atoms with Gasteiger partial charge in [0.25, 0.3) is 0 Å². The number of hydrogen-bond donors (Lipinski definition) is 1. The minimum atomic E-state index is -3.66. The molecule has 0 aliphatic rings. The second-order valence-corrected chi connectivity index (χ2v) is 7.38. The molecular formula is C16H21N3O5S. The Morgan fingerprint density at radius 1 is 1.36 bits per heavy atom. The summed E-state index contributed by atoms with van der Waals surface area (Å²) in [5.74, 6) is 0.855. The Labute approximate surface area is 146 Å². The number of para-hydroxylation sites is 1. The molecule has 1 heterocycles. The van der Waals surface area contributed by atoms with Crippen LogP contribution in [0.3, 0.4) is 0 Å². The predicted octanol–water partition coefficient (Wildman–Crippen LogP) is 1.12. The fourth-order valence-electron chi connectivity index (χ4n) is 2.27. The summed E-state index contributed by atoms with van der Waals surface area (Å²) in [5, 5.41) is 6.36. The molecular weight excluding hydrogens is 346 g/mol. The highest BCUT2D eigenvalue weighted by molar-refractivity contribution is 7.92. The van der Waals surface area contributed by atoms with Crippen LogP contribution in [-0.4, -0.2) is 45.9 Å².